The van der Waals surface area contributed by atoms with Crippen LogP contribution in [0.2, 0.25) is 0 Å². The van der Waals surface area contributed by atoms with Crippen molar-refractivity contribution in [3.63, 3.8) is 0 Å². The van der Waals surface area contributed by atoms with Crippen LogP contribution in [0.5, 0.6) is 0 Å². The van der Waals surface area contributed by atoms with E-state index in [-0.39, 0.29) is 23.4 Å². The number of alkyl halides is 3. The molecule has 0 saturated heterocycles. The topological polar surface area (TPSA) is 62.0 Å². The second-order valence-corrected chi connectivity index (χ2v) is 7.83. The van der Waals surface area contributed by atoms with Gasteiger partial charge in [0.1, 0.15) is 22.3 Å². The van der Waals surface area contributed by atoms with Crippen LogP contribution in [-0.2, 0) is 16.2 Å². The maximum Gasteiger partial charge on any atom is 0.419 e. The minimum absolute atomic E-state index is 0.0730. The van der Waals surface area contributed by atoms with Gasteiger partial charge in [-0.2, -0.15) is 13.2 Å². The van der Waals surface area contributed by atoms with E-state index in [1.165, 1.54) is 12.1 Å². The van der Waals surface area contributed by atoms with Gasteiger partial charge in [-0.25, -0.2) is 21.6 Å². The highest BCUT2D eigenvalue weighted by Crippen LogP contribution is 2.34. The number of hydrogen-bond donors (Lipinski definition) is 2. The number of benzene rings is 2. The Hall–Kier alpha value is -2.95. The summed E-state index contributed by atoms with van der Waals surface area (Å²) in [6, 6.07) is 5.27. The van der Waals surface area contributed by atoms with Gasteiger partial charge in [0.2, 0.25) is 0 Å². The Morgan fingerprint density at radius 2 is 1.62 bits per heavy atom. The lowest BCUT2D eigenvalue weighted by Crippen LogP contribution is -2.15. The molecule has 0 spiro atoms. The number of sulfonamides is 1. The second kappa shape index (κ2) is 7.14. The van der Waals surface area contributed by atoms with Gasteiger partial charge >= 0.3 is 6.18 Å². The highest BCUT2D eigenvalue weighted by molar-refractivity contribution is 7.92. The van der Waals surface area contributed by atoms with Crippen molar-refractivity contribution in [3.05, 3.63) is 71.2 Å². The van der Waals surface area contributed by atoms with Crippen LogP contribution in [0.15, 0.2) is 47.5 Å². The lowest BCUT2D eigenvalue weighted by Gasteiger charge is -2.12. The van der Waals surface area contributed by atoms with Crippen LogP contribution in [0.1, 0.15) is 11.1 Å². The normalized spacial score (nSPS) is 12.2. The fourth-order valence-electron chi connectivity index (χ4n) is 2.57. The molecule has 3 rings (SSSR count). The number of nitrogens with one attached hydrogen (secondary N) is 2. The minimum Gasteiger partial charge on any atom is -0.360 e. The van der Waals surface area contributed by atoms with Crippen molar-refractivity contribution in [1.82, 2.24) is 4.98 Å². The smallest absolute Gasteiger partial charge is 0.360 e. The number of aryl methyl sites for hydroxylation is 1. The Kier molecular flexibility index (Phi) is 5.11. The van der Waals surface area contributed by atoms with E-state index in [2.05, 4.69) is 4.98 Å². The Morgan fingerprint density at radius 1 is 0.931 bits per heavy atom. The SMILES string of the molecule is Cc1ccc(-c2cc(S(=O)(=O)Nc3cc(F)c(C(F)(F)F)cc3F)c[nH]2)c(F)c1. The van der Waals surface area contributed by atoms with E-state index in [1.807, 2.05) is 0 Å². The summed E-state index contributed by atoms with van der Waals surface area (Å²) in [6.07, 6.45) is -4.16. The number of hydrogen-bond acceptors (Lipinski definition) is 2. The van der Waals surface area contributed by atoms with E-state index < -0.39 is 49.8 Å². The second-order valence-electron chi connectivity index (χ2n) is 6.15. The first-order chi connectivity index (χ1) is 13.4. The zero-order valence-corrected chi connectivity index (χ0v) is 15.4. The average Bonchev–Trinajstić information content (AvgIpc) is 3.07. The summed E-state index contributed by atoms with van der Waals surface area (Å²) in [5.41, 5.74) is -2.05. The number of halogens is 6. The lowest BCUT2D eigenvalue weighted by molar-refractivity contribution is -0.140. The molecule has 0 saturated carbocycles. The quantitative estimate of drug-likeness (QED) is 0.553. The van der Waals surface area contributed by atoms with Crippen LogP contribution < -0.4 is 4.72 Å². The molecular formula is C18H12F6N2O2S. The van der Waals surface area contributed by atoms with E-state index in [4.69, 9.17) is 0 Å². The number of aromatic amines is 1. The van der Waals surface area contributed by atoms with Gasteiger partial charge in [-0.3, -0.25) is 4.72 Å². The molecule has 1 heterocycles. The first-order valence-corrected chi connectivity index (χ1v) is 9.41. The Morgan fingerprint density at radius 3 is 2.24 bits per heavy atom. The molecule has 11 heteroatoms. The molecule has 0 atom stereocenters. The molecule has 0 aliphatic rings. The number of anilines is 1. The van der Waals surface area contributed by atoms with Crippen molar-refractivity contribution in [2.45, 2.75) is 18.0 Å². The molecule has 0 fully saturated rings. The maximum absolute atomic E-state index is 14.1. The molecule has 4 nitrogen and oxygen atoms in total. The summed E-state index contributed by atoms with van der Waals surface area (Å²) in [7, 11) is -4.50. The van der Waals surface area contributed by atoms with E-state index in [0.29, 0.717) is 5.56 Å². The van der Waals surface area contributed by atoms with Gasteiger partial charge < -0.3 is 4.98 Å². The number of aromatic nitrogens is 1. The van der Waals surface area contributed by atoms with E-state index >= 15 is 0 Å². The molecule has 0 aliphatic carbocycles. The zero-order valence-electron chi connectivity index (χ0n) is 14.5. The van der Waals surface area contributed by atoms with Gasteiger partial charge in [0.25, 0.3) is 10.0 Å². The predicted molar refractivity (Wildman–Crippen MR) is 93.1 cm³/mol. The van der Waals surface area contributed by atoms with Crippen molar-refractivity contribution in [2.24, 2.45) is 0 Å². The van der Waals surface area contributed by atoms with E-state index in [9.17, 15) is 34.8 Å². The number of rotatable bonds is 4. The van der Waals surface area contributed by atoms with Gasteiger partial charge in [-0.15, -0.1) is 0 Å². The maximum atomic E-state index is 14.1. The van der Waals surface area contributed by atoms with Crippen LogP contribution in [-0.4, -0.2) is 13.4 Å². The van der Waals surface area contributed by atoms with E-state index in [1.54, 1.807) is 17.7 Å². The van der Waals surface area contributed by atoms with Crippen molar-refractivity contribution < 1.29 is 34.8 Å². The Balaban J connectivity index is 1.93. The first-order valence-electron chi connectivity index (χ1n) is 7.92. The summed E-state index contributed by atoms with van der Waals surface area (Å²) >= 11 is 0. The minimum atomic E-state index is -5.14. The van der Waals surface area contributed by atoms with Crippen molar-refractivity contribution in [3.8, 4) is 11.3 Å². The molecule has 2 aromatic carbocycles. The summed E-state index contributed by atoms with van der Waals surface area (Å²) in [5, 5.41) is 0. The first kappa shape index (κ1) is 20.8. The Labute approximate surface area is 161 Å². The van der Waals surface area contributed by atoms with Crippen LogP contribution in [0, 0.1) is 24.4 Å². The third-order valence-electron chi connectivity index (χ3n) is 3.99. The van der Waals surface area contributed by atoms with Gasteiger partial charge in [-0.05, 0) is 36.8 Å². The summed E-state index contributed by atoms with van der Waals surface area (Å²) < 4.78 is 106. The largest absolute Gasteiger partial charge is 0.419 e. The molecular weight excluding hydrogens is 422 g/mol. The van der Waals surface area contributed by atoms with Gasteiger partial charge in [-0.1, -0.05) is 6.07 Å². The standard InChI is InChI=1S/C18H12F6N2O2S/c1-9-2-3-11(13(19)4-9)16-5-10(8-25-16)29(27,28)26-17-7-14(20)12(6-15(17)21)18(22,23)24/h2-8,25-26H,1H3. The lowest BCUT2D eigenvalue weighted by atomic mass is 10.1. The van der Waals surface area contributed by atoms with Crippen LogP contribution in [0.4, 0.5) is 32.0 Å². The molecule has 3 aromatic rings. The average molecular weight is 434 g/mol. The van der Waals surface area contributed by atoms with Crippen molar-refractivity contribution in [1.29, 1.82) is 0 Å². The van der Waals surface area contributed by atoms with Gasteiger partial charge in [0.15, 0.2) is 0 Å². The molecule has 0 aliphatic heterocycles. The summed E-state index contributed by atoms with van der Waals surface area (Å²) in [6.45, 7) is 1.67. The highest BCUT2D eigenvalue weighted by Gasteiger charge is 2.35. The van der Waals surface area contributed by atoms with Gasteiger partial charge in [0, 0.05) is 23.5 Å². The molecule has 0 unspecified atom stereocenters. The monoisotopic (exact) mass is 434 g/mol. The fraction of sp³-hybridized carbons (Fsp3) is 0.111. The molecule has 154 valence electrons. The fourth-order valence-corrected chi connectivity index (χ4v) is 3.62. The van der Waals surface area contributed by atoms with Gasteiger partial charge in [0.05, 0.1) is 11.3 Å². The van der Waals surface area contributed by atoms with Crippen molar-refractivity contribution in [2.75, 3.05) is 4.72 Å². The molecule has 29 heavy (non-hydrogen) atoms. The summed E-state index contributed by atoms with van der Waals surface area (Å²) in [5.74, 6) is -4.06. The molecule has 1 aromatic heterocycles. The van der Waals surface area contributed by atoms with Crippen LogP contribution >= 0.6 is 0 Å². The Bertz CT molecular complexity index is 1190. The highest BCUT2D eigenvalue weighted by atomic mass is 32.2. The molecule has 0 radical (unpaired) electrons. The van der Waals surface area contributed by atoms with Crippen LogP contribution in [0.3, 0.4) is 0 Å². The van der Waals surface area contributed by atoms with E-state index in [0.717, 1.165) is 12.3 Å². The number of H-pyrrole nitrogens is 1. The predicted octanol–water partition coefficient (Wildman–Crippen LogP) is 5.23. The molecule has 0 amide bonds. The third kappa shape index (κ3) is 4.24. The summed E-state index contributed by atoms with van der Waals surface area (Å²) in [4.78, 5) is 2.10. The molecule has 0 bridgehead atoms. The van der Waals surface area contributed by atoms with Crippen LogP contribution in [0.25, 0.3) is 11.3 Å². The zero-order chi connectivity index (χ0) is 21.6. The van der Waals surface area contributed by atoms with Crippen molar-refractivity contribution >= 4 is 15.7 Å². The third-order valence-corrected chi connectivity index (χ3v) is 5.33. The molecule has 2 N–H and O–H groups in total.